The van der Waals surface area contributed by atoms with Crippen LogP contribution in [0.2, 0.25) is 5.15 Å². The molecule has 0 aliphatic carbocycles. The van der Waals surface area contributed by atoms with Crippen molar-refractivity contribution in [1.82, 2.24) is 20.2 Å². The summed E-state index contributed by atoms with van der Waals surface area (Å²) in [5, 5.41) is 3.01. The summed E-state index contributed by atoms with van der Waals surface area (Å²) in [5.74, 6) is -0.249. The highest BCUT2D eigenvalue weighted by atomic mass is 35.5. The number of amides is 2. The smallest absolute Gasteiger partial charge is 0.410 e. The van der Waals surface area contributed by atoms with E-state index in [-0.39, 0.29) is 37.7 Å². The third kappa shape index (κ3) is 5.58. The molecule has 1 aromatic heterocycles. The minimum atomic E-state index is -0.547. The number of hydrogen-bond acceptors (Lipinski definition) is 5. The Hall–Kier alpha value is -2.32. The van der Waals surface area contributed by atoms with Crippen molar-refractivity contribution < 1.29 is 14.3 Å². The van der Waals surface area contributed by atoms with Crippen LogP contribution in [0.4, 0.5) is 4.79 Å². The molecule has 3 rings (SSSR count). The first-order valence-corrected chi connectivity index (χ1v) is 8.73. The Morgan fingerprint density at radius 1 is 1.22 bits per heavy atom. The average Bonchev–Trinajstić information content (AvgIpc) is 3.16. The number of benzene rings is 1. The molecule has 1 fully saturated rings. The molecule has 0 bridgehead atoms. The molecular formula is C18H21ClN4O3S. The van der Waals surface area contributed by atoms with Crippen molar-refractivity contribution in [2.75, 3.05) is 6.54 Å². The first-order chi connectivity index (χ1) is 12.6. The summed E-state index contributed by atoms with van der Waals surface area (Å²) in [6, 6.07) is 8.88. The van der Waals surface area contributed by atoms with E-state index >= 15 is 0 Å². The molecule has 1 aromatic carbocycles. The topological polar surface area (TPSA) is 84.4 Å². The van der Waals surface area contributed by atoms with Crippen molar-refractivity contribution in [2.24, 2.45) is 0 Å². The number of hydrogen-bond donors (Lipinski definition) is 1. The molecular weight excluding hydrogens is 388 g/mol. The molecule has 0 saturated carbocycles. The van der Waals surface area contributed by atoms with Gasteiger partial charge in [0.2, 0.25) is 5.91 Å². The van der Waals surface area contributed by atoms with Crippen molar-refractivity contribution >= 4 is 37.1 Å². The van der Waals surface area contributed by atoms with Gasteiger partial charge < -0.3 is 10.1 Å². The van der Waals surface area contributed by atoms with Crippen molar-refractivity contribution in [1.29, 1.82) is 0 Å². The highest BCUT2D eigenvalue weighted by molar-refractivity contribution is 7.59. The van der Waals surface area contributed by atoms with Crippen LogP contribution in [-0.2, 0) is 22.7 Å². The maximum absolute atomic E-state index is 12.5. The van der Waals surface area contributed by atoms with Gasteiger partial charge in [0.05, 0.1) is 12.2 Å². The highest BCUT2D eigenvalue weighted by Crippen LogP contribution is 2.19. The lowest BCUT2D eigenvalue weighted by Crippen LogP contribution is -2.46. The predicted molar refractivity (Wildman–Crippen MR) is 106 cm³/mol. The molecule has 2 amide bonds. The first kappa shape index (κ1) is 21.0. The molecule has 2 heterocycles. The average molecular weight is 409 g/mol. The van der Waals surface area contributed by atoms with E-state index in [2.05, 4.69) is 15.3 Å². The first-order valence-electron chi connectivity index (χ1n) is 8.35. The van der Waals surface area contributed by atoms with E-state index in [0.29, 0.717) is 18.7 Å². The number of carbonyl (C=O) groups is 2. The van der Waals surface area contributed by atoms with E-state index in [9.17, 15) is 9.59 Å². The quantitative estimate of drug-likeness (QED) is 0.822. The Morgan fingerprint density at radius 3 is 2.70 bits per heavy atom. The summed E-state index contributed by atoms with van der Waals surface area (Å²) in [5.41, 5.74) is 1.39. The molecule has 1 atom stereocenters. The van der Waals surface area contributed by atoms with Gasteiger partial charge >= 0.3 is 6.09 Å². The van der Waals surface area contributed by atoms with E-state index in [1.807, 2.05) is 30.3 Å². The van der Waals surface area contributed by atoms with Crippen molar-refractivity contribution in [2.45, 2.75) is 32.0 Å². The van der Waals surface area contributed by atoms with Gasteiger partial charge in [0.15, 0.2) is 5.15 Å². The van der Waals surface area contributed by atoms with Gasteiger partial charge in [-0.05, 0) is 18.4 Å². The largest absolute Gasteiger partial charge is 0.445 e. The fraction of sp³-hybridized carbons (Fsp3) is 0.333. The van der Waals surface area contributed by atoms with Crippen LogP contribution in [0, 0.1) is 0 Å². The number of nitrogens with zero attached hydrogens (tertiary/aromatic N) is 3. The molecule has 0 radical (unpaired) electrons. The second kappa shape index (κ2) is 10.1. The minimum absolute atomic E-state index is 0. The van der Waals surface area contributed by atoms with Gasteiger partial charge in [-0.2, -0.15) is 13.5 Å². The van der Waals surface area contributed by atoms with Gasteiger partial charge in [0, 0.05) is 18.9 Å². The van der Waals surface area contributed by atoms with Crippen LogP contribution in [-0.4, -0.2) is 39.5 Å². The lowest BCUT2D eigenvalue weighted by atomic mass is 10.2. The standard InChI is InChI=1S/C18H19ClN4O3.H2S/c19-16-14(20-8-9-21-16)11-22-17(24)15-7-4-10-23(15)18(25)26-12-13-5-2-1-3-6-13;/h1-3,5-6,8-9,15H,4,7,10-12H2,(H,22,24);1H2/t15-;/m0./s1. The molecule has 144 valence electrons. The second-order valence-electron chi connectivity index (χ2n) is 5.90. The number of aromatic nitrogens is 2. The van der Waals surface area contributed by atoms with Crippen LogP contribution < -0.4 is 5.32 Å². The Morgan fingerprint density at radius 2 is 1.96 bits per heavy atom. The monoisotopic (exact) mass is 408 g/mol. The number of carbonyl (C=O) groups excluding carboxylic acids is 2. The van der Waals surface area contributed by atoms with Crippen LogP contribution >= 0.6 is 25.1 Å². The predicted octanol–water partition coefficient (Wildman–Crippen LogP) is 2.66. The summed E-state index contributed by atoms with van der Waals surface area (Å²) in [6.45, 7) is 0.840. The number of likely N-dealkylation sites (tertiary alicyclic amines) is 1. The van der Waals surface area contributed by atoms with Crippen LogP contribution in [0.1, 0.15) is 24.1 Å². The summed E-state index contributed by atoms with van der Waals surface area (Å²) < 4.78 is 5.34. The zero-order valence-electron chi connectivity index (χ0n) is 14.6. The lowest BCUT2D eigenvalue weighted by molar-refractivity contribution is -0.125. The third-order valence-corrected chi connectivity index (χ3v) is 4.46. The van der Waals surface area contributed by atoms with E-state index in [4.69, 9.17) is 16.3 Å². The summed E-state index contributed by atoms with van der Waals surface area (Å²) in [6.07, 6.45) is 3.86. The number of rotatable bonds is 5. The van der Waals surface area contributed by atoms with Gasteiger partial charge in [-0.15, -0.1) is 0 Å². The maximum Gasteiger partial charge on any atom is 0.410 e. The van der Waals surface area contributed by atoms with Crippen LogP contribution in [0.3, 0.4) is 0 Å². The fourth-order valence-corrected chi connectivity index (χ4v) is 2.99. The van der Waals surface area contributed by atoms with Gasteiger partial charge in [-0.25, -0.2) is 9.78 Å². The molecule has 1 N–H and O–H groups in total. The molecule has 7 nitrogen and oxygen atoms in total. The van der Waals surface area contributed by atoms with Crippen molar-refractivity contribution in [3.8, 4) is 0 Å². The Bertz CT molecular complexity index is 778. The van der Waals surface area contributed by atoms with Crippen LogP contribution in [0.5, 0.6) is 0 Å². The van der Waals surface area contributed by atoms with E-state index in [1.54, 1.807) is 0 Å². The molecule has 1 aliphatic heterocycles. The van der Waals surface area contributed by atoms with Gasteiger partial charge in [-0.1, -0.05) is 41.9 Å². The van der Waals surface area contributed by atoms with Crippen molar-refractivity contribution in [3.63, 3.8) is 0 Å². The summed E-state index contributed by atoms with van der Waals surface area (Å²) in [7, 11) is 0. The van der Waals surface area contributed by atoms with Crippen molar-refractivity contribution in [3.05, 3.63) is 59.1 Å². The Balaban J connectivity index is 0.00000261. The molecule has 9 heteroatoms. The zero-order chi connectivity index (χ0) is 18.4. The summed E-state index contributed by atoms with van der Waals surface area (Å²) >= 11 is 5.94. The van der Waals surface area contributed by atoms with Crippen LogP contribution in [0.25, 0.3) is 0 Å². The third-order valence-electron chi connectivity index (χ3n) is 4.15. The molecule has 2 aromatic rings. The fourth-order valence-electron chi connectivity index (χ4n) is 2.82. The van der Waals surface area contributed by atoms with Crippen LogP contribution in [0.15, 0.2) is 42.7 Å². The summed E-state index contributed by atoms with van der Waals surface area (Å²) in [4.78, 5) is 34.3. The molecule has 27 heavy (non-hydrogen) atoms. The van der Waals surface area contributed by atoms with Gasteiger partial charge in [0.1, 0.15) is 12.6 Å². The lowest BCUT2D eigenvalue weighted by Gasteiger charge is -2.23. The molecule has 1 saturated heterocycles. The number of halogens is 1. The number of nitrogens with one attached hydrogen (secondary N) is 1. The normalized spacial score (nSPS) is 15.7. The number of ether oxygens (including phenoxy) is 1. The Labute approximate surface area is 169 Å². The maximum atomic E-state index is 12.5. The minimum Gasteiger partial charge on any atom is -0.445 e. The molecule has 1 aliphatic rings. The van der Waals surface area contributed by atoms with Gasteiger partial charge in [0.25, 0.3) is 0 Å². The van der Waals surface area contributed by atoms with E-state index < -0.39 is 12.1 Å². The highest BCUT2D eigenvalue weighted by Gasteiger charge is 2.35. The second-order valence-corrected chi connectivity index (χ2v) is 6.26. The SMILES string of the molecule is O=C(NCc1nccnc1Cl)[C@@H]1CCCN1C(=O)OCc1ccccc1.S. The van der Waals surface area contributed by atoms with E-state index in [1.165, 1.54) is 17.3 Å². The molecule has 0 unspecified atom stereocenters. The zero-order valence-corrected chi connectivity index (χ0v) is 16.4. The van der Waals surface area contributed by atoms with E-state index in [0.717, 1.165) is 12.0 Å². The van der Waals surface area contributed by atoms with Gasteiger partial charge in [-0.3, -0.25) is 14.7 Å². The molecule has 0 spiro atoms. The Kier molecular flexibility index (Phi) is 7.87.